The SMILES string of the molecule is CCOC(=O)c1c(NC(=S)NC(C)=O)sc(C(=O)OC)c1C. The molecule has 1 amide bonds. The van der Waals surface area contributed by atoms with Crippen LogP contribution < -0.4 is 10.6 Å². The predicted octanol–water partition coefficient (Wildman–Crippen LogP) is 1.85. The van der Waals surface area contributed by atoms with Gasteiger partial charge in [0.05, 0.1) is 19.3 Å². The number of thiocarbonyl (C=S) groups is 1. The second-order valence-corrected chi connectivity index (χ2v) is 5.54. The van der Waals surface area contributed by atoms with Gasteiger partial charge in [-0.25, -0.2) is 9.59 Å². The lowest BCUT2D eigenvalue weighted by atomic mass is 10.1. The fourth-order valence-corrected chi connectivity index (χ4v) is 3.06. The molecule has 0 spiro atoms. The second-order valence-electron chi connectivity index (χ2n) is 4.11. The minimum atomic E-state index is -0.584. The summed E-state index contributed by atoms with van der Waals surface area (Å²) in [7, 11) is 1.25. The predicted molar refractivity (Wildman–Crippen MR) is 86.4 cm³/mol. The molecule has 0 saturated carbocycles. The highest BCUT2D eigenvalue weighted by molar-refractivity contribution is 7.80. The van der Waals surface area contributed by atoms with Crippen LogP contribution in [0.15, 0.2) is 0 Å². The number of anilines is 1. The van der Waals surface area contributed by atoms with Crippen LogP contribution in [0.5, 0.6) is 0 Å². The quantitative estimate of drug-likeness (QED) is 0.636. The van der Waals surface area contributed by atoms with Crippen LogP contribution >= 0.6 is 23.6 Å². The van der Waals surface area contributed by atoms with Gasteiger partial charge in [0.2, 0.25) is 5.91 Å². The van der Waals surface area contributed by atoms with Crippen LogP contribution in [0.4, 0.5) is 5.00 Å². The normalized spacial score (nSPS) is 9.82. The largest absolute Gasteiger partial charge is 0.465 e. The van der Waals surface area contributed by atoms with E-state index in [9.17, 15) is 14.4 Å². The Bertz CT molecular complexity index is 624. The van der Waals surface area contributed by atoms with Crippen molar-refractivity contribution >= 4 is 51.5 Å². The van der Waals surface area contributed by atoms with Crippen molar-refractivity contribution in [3.8, 4) is 0 Å². The van der Waals surface area contributed by atoms with Crippen LogP contribution in [0.1, 0.15) is 39.4 Å². The van der Waals surface area contributed by atoms with E-state index >= 15 is 0 Å². The fraction of sp³-hybridized carbons (Fsp3) is 0.385. The topological polar surface area (TPSA) is 93.7 Å². The summed E-state index contributed by atoms with van der Waals surface area (Å²) in [5, 5.41) is 5.45. The Labute approximate surface area is 137 Å². The number of hydrogen-bond donors (Lipinski definition) is 2. The molecule has 1 rings (SSSR count). The number of carbonyl (C=O) groups excluding carboxylic acids is 3. The van der Waals surface area contributed by atoms with Crippen molar-refractivity contribution in [1.82, 2.24) is 5.32 Å². The van der Waals surface area contributed by atoms with Gasteiger partial charge >= 0.3 is 11.9 Å². The van der Waals surface area contributed by atoms with Crippen LogP contribution in [-0.2, 0) is 14.3 Å². The Morgan fingerprint density at radius 2 is 1.91 bits per heavy atom. The van der Waals surface area contributed by atoms with E-state index in [-0.39, 0.29) is 28.1 Å². The van der Waals surface area contributed by atoms with E-state index in [4.69, 9.17) is 17.0 Å². The third-order valence-electron chi connectivity index (χ3n) is 2.51. The molecular formula is C13H16N2O5S2. The summed E-state index contributed by atoms with van der Waals surface area (Å²) in [5.74, 6) is -1.50. The molecule has 0 atom stereocenters. The molecule has 7 nitrogen and oxygen atoms in total. The third kappa shape index (κ3) is 4.25. The second kappa shape index (κ2) is 7.85. The Balaban J connectivity index is 3.23. The fourth-order valence-electron chi connectivity index (χ4n) is 1.63. The molecule has 0 radical (unpaired) electrons. The molecule has 9 heteroatoms. The molecule has 0 saturated heterocycles. The molecule has 0 bridgehead atoms. The highest BCUT2D eigenvalue weighted by Gasteiger charge is 2.26. The van der Waals surface area contributed by atoms with Crippen molar-refractivity contribution in [3.05, 3.63) is 16.0 Å². The van der Waals surface area contributed by atoms with Crippen LogP contribution in [0, 0.1) is 6.92 Å². The van der Waals surface area contributed by atoms with Gasteiger partial charge in [-0.2, -0.15) is 0 Å². The molecule has 0 fully saturated rings. The summed E-state index contributed by atoms with van der Waals surface area (Å²) in [6, 6.07) is 0. The van der Waals surface area contributed by atoms with Crippen LogP contribution in [-0.4, -0.2) is 36.7 Å². The number of rotatable bonds is 4. The number of amides is 1. The van der Waals surface area contributed by atoms with Gasteiger partial charge in [0, 0.05) is 6.92 Å². The maximum absolute atomic E-state index is 12.1. The Kier molecular flexibility index (Phi) is 6.44. The Morgan fingerprint density at radius 3 is 2.41 bits per heavy atom. The van der Waals surface area contributed by atoms with Crippen molar-refractivity contribution in [2.24, 2.45) is 0 Å². The first kappa shape index (κ1) is 18.1. The van der Waals surface area contributed by atoms with Gasteiger partial charge in [-0.3, -0.25) is 4.79 Å². The zero-order chi connectivity index (χ0) is 16.9. The van der Waals surface area contributed by atoms with Crippen LogP contribution in [0.25, 0.3) is 0 Å². The zero-order valence-electron chi connectivity index (χ0n) is 12.6. The number of methoxy groups -OCH3 is 1. The average Bonchev–Trinajstić information content (AvgIpc) is 2.73. The molecule has 0 unspecified atom stereocenters. The third-order valence-corrected chi connectivity index (χ3v) is 3.91. The van der Waals surface area contributed by atoms with Crippen molar-refractivity contribution < 1.29 is 23.9 Å². The lowest BCUT2D eigenvalue weighted by Crippen LogP contribution is -2.32. The number of nitrogens with one attached hydrogen (secondary N) is 2. The molecule has 0 aliphatic carbocycles. The van der Waals surface area contributed by atoms with E-state index in [1.807, 2.05) is 0 Å². The standard InChI is InChI=1S/C13H16N2O5S2/c1-5-20-11(17)8-6(2)9(12(18)19-4)22-10(8)15-13(21)14-7(3)16/h5H2,1-4H3,(H2,14,15,16,21). The molecule has 22 heavy (non-hydrogen) atoms. The van der Waals surface area contributed by atoms with Gasteiger partial charge < -0.3 is 20.1 Å². The van der Waals surface area contributed by atoms with E-state index in [2.05, 4.69) is 15.4 Å². The van der Waals surface area contributed by atoms with Crippen LogP contribution in [0.2, 0.25) is 0 Å². The highest BCUT2D eigenvalue weighted by atomic mass is 32.1. The van der Waals surface area contributed by atoms with Gasteiger partial charge in [-0.15, -0.1) is 11.3 Å². The Morgan fingerprint density at radius 1 is 1.27 bits per heavy atom. The smallest absolute Gasteiger partial charge is 0.348 e. The molecule has 1 aromatic heterocycles. The summed E-state index contributed by atoms with van der Waals surface area (Å²) in [4.78, 5) is 35.1. The summed E-state index contributed by atoms with van der Waals surface area (Å²) >= 11 is 5.97. The van der Waals surface area contributed by atoms with Crippen LogP contribution in [0.3, 0.4) is 0 Å². The molecule has 0 aliphatic rings. The molecule has 2 N–H and O–H groups in total. The van der Waals surface area contributed by atoms with Crippen molar-refractivity contribution in [2.75, 3.05) is 19.0 Å². The van der Waals surface area contributed by atoms with Gasteiger partial charge in [-0.1, -0.05) is 0 Å². The zero-order valence-corrected chi connectivity index (χ0v) is 14.2. The number of hydrogen-bond acceptors (Lipinski definition) is 7. The summed E-state index contributed by atoms with van der Waals surface area (Å²) in [5.41, 5.74) is 0.628. The highest BCUT2D eigenvalue weighted by Crippen LogP contribution is 2.34. The number of carbonyl (C=O) groups is 3. The minimum absolute atomic E-state index is 0.0238. The maximum atomic E-state index is 12.1. The first-order valence-corrected chi connectivity index (χ1v) is 7.51. The first-order valence-electron chi connectivity index (χ1n) is 6.29. The molecule has 0 aromatic carbocycles. The molecule has 1 heterocycles. The van der Waals surface area contributed by atoms with E-state index < -0.39 is 11.9 Å². The molecule has 120 valence electrons. The molecule has 1 aromatic rings. The molecular weight excluding hydrogens is 328 g/mol. The maximum Gasteiger partial charge on any atom is 0.348 e. The average molecular weight is 344 g/mol. The van der Waals surface area contributed by atoms with Gasteiger partial charge in [-0.05, 0) is 31.6 Å². The van der Waals surface area contributed by atoms with Crippen molar-refractivity contribution in [1.29, 1.82) is 0 Å². The van der Waals surface area contributed by atoms with E-state index in [1.165, 1.54) is 14.0 Å². The van der Waals surface area contributed by atoms with E-state index in [0.717, 1.165) is 11.3 Å². The van der Waals surface area contributed by atoms with Gasteiger partial charge in [0.25, 0.3) is 0 Å². The lowest BCUT2D eigenvalue weighted by Gasteiger charge is -2.08. The summed E-state index contributed by atoms with van der Waals surface area (Å²) in [6.07, 6.45) is 0. The van der Waals surface area contributed by atoms with Gasteiger partial charge in [0.15, 0.2) is 5.11 Å². The lowest BCUT2D eigenvalue weighted by molar-refractivity contribution is -0.117. The number of thiophene rings is 1. The van der Waals surface area contributed by atoms with Crippen molar-refractivity contribution in [2.45, 2.75) is 20.8 Å². The summed E-state index contributed by atoms with van der Waals surface area (Å²) < 4.78 is 9.67. The number of esters is 2. The summed E-state index contributed by atoms with van der Waals surface area (Å²) in [6.45, 7) is 4.79. The van der Waals surface area contributed by atoms with Gasteiger partial charge in [0.1, 0.15) is 9.88 Å². The van der Waals surface area contributed by atoms with E-state index in [0.29, 0.717) is 10.6 Å². The minimum Gasteiger partial charge on any atom is -0.465 e. The molecule has 0 aliphatic heterocycles. The van der Waals surface area contributed by atoms with E-state index in [1.54, 1.807) is 13.8 Å². The van der Waals surface area contributed by atoms with Crippen molar-refractivity contribution in [3.63, 3.8) is 0 Å². The monoisotopic (exact) mass is 344 g/mol. The Hall–Kier alpha value is -2.00. The number of ether oxygens (including phenoxy) is 2. The first-order chi connectivity index (χ1) is 10.3.